The Morgan fingerprint density at radius 1 is 1.03 bits per heavy atom. The van der Waals surface area contributed by atoms with E-state index in [-0.39, 0.29) is 29.5 Å². The van der Waals surface area contributed by atoms with Gasteiger partial charge in [0.05, 0.1) is 6.26 Å². The molecule has 0 bridgehead atoms. The second-order valence-corrected chi connectivity index (χ2v) is 7.48. The summed E-state index contributed by atoms with van der Waals surface area (Å²) in [6, 6.07) is 13.1. The summed E-state index contributed by atoms with van der Waals surface area (Å²) >= 11 is 0. The van der Waals surface area contributed by atoms with E-state index < -0.39 is 6.04 Å². The highest BCUT2D eigenvalue weighted by molar-refractivity contribution is 5.95. The molecule has 2 aromatic rings. The van der Waals surface area contributed by atoms with E-state index in [1.807, 2.05) is 32.0 Å². The molecular weight excluding hydrogens is 366 g/mol. The predicted octanol–water partition coefficient (Wildman–Crippen LogP) is 3.10. The molecule has 1 aromatic carbocycles. The second-order valence-electron chi connectivity index (χ2n) is 7.48. The van der Waals surface area contributed by atoms with Crippen molar-refractivity contribution in [3.05, 3.63) is 60.1 Å². The average Bonchev–Trinajstić information content (AvgIpc) is 3.26. The molecule has 6 nitrogen and oxygen atoms in total. The highest BCUT2D eigenvalue weighted by Gasteiger charge is 2.26. The standard InChI is InChI=1S/C23H33N3O3/c1-5-26(6-2)19(15-18-11-8-7-9-12-18)16-24-23(28)21(17(3)4)25-22(27)20-13-10-14-29-20/h7-14,17,19,21H,5-6,15-16H2,1-4H3,(H,24,28)(H,25,27). The number of carbonyl (C=O) groups is 2. The van der Waals surface area contributed by atoms with Gasteiger partial charge in [0.25, 0.3) is 5.91 Å². The summed E-state index contributed by atoms with van der Waals surface area (Å²) in [5.74, 6) is -0.401. The molecule has 2 atom stereocenters. The molecule has 0 radical (unpaired) electrons. The summed E-state index contributed by atoms with van der Waals surface area (Å²) < 4.78 is 5.13. The van der Waals surface area contributed by atoms with E-state index in [9.17, 15) is 9.59 Å². The van der Waals surface area contributed by atoms with Gasteiger partial charge in [-0.25, -0.2) is 0 Å². The Bertz CT molecular complexity index is 740. The molecule has 0 aliphatic carbocycles. The van der Waals surface area contributed by atoms with Crippen LogP contribution in [0.15, 0.2) is 53.1 Å². The zero-order valence-corrected chi connectivity index (χ0v) is 17.9. The second kappa shape index (κ2) is 11.4. The molecule has 158 valence electrons. The molecule has 29 heavy (non-hydrogen) atoms. The van der Waals surface area contributed by atoms with Crippen LogP contribution in [0.1, 0.15) is 43.8 Å². The van der Waals surface area contributed by atoms with Gasteiger partial charge in [0, 0.05) is 12.6 Å². The molecule has 1 heterocycles. The number of furan rings is 1. The van der Waals surface area contributed by atoms with Crippen molar-refractivity contribution in [3.63, 3.8) is 0 Å². The van der Waals surface area contributed by atoms with Gasteiger partial charge < -0.3 is 15.1 Å². The Balaban J connectivity index is 2.02. The minimum atomic E-state index is -0.623. The van der Waals surface area contributed by atoms with Crippen molar-refractivity contribution in [2.24, 2.45) is 5.92 Å². The van der Waals surface area contributed by atoms with E-state index >= 15 is 0 Å². The molecule has 0 fully saturated rings. The van der Waals surface area contributed by atoms with Gasteiger partial charge in [0.2, 0.25) is 5.91 Å². The Kier molecular flexibility index (Phi) is 8.93. The first kappa shape index (κ1) is 22.7. The third kappa shape index (κ3) is 6.75. The van der Waals surface area contributed by atoms with Crippen LogP contribution in [0.3, 0.4) is 0 Å². The molecule has 2 unspecified atom stereocenters. The zero-order chi connectivity index (χ0) is 21.2. The number of benzene rings is 1. The molecule has 0 aliphatic heterocycles. The van der Waals surface area contributed by atoms with Crippen LogP contribution in [0, 0.1) is 5.92 Å². The topological polar surface area (TPSA) is 74.6 Å². The van der Waals surface area contributed by atoms with E-state index in [4.69, 9.17) is 4.42 Å². The SMILES string of the molecule is CCN(CC)C(CNC(=O)C(NC(=O)c1ccco1)C(C)C)Cc1ccccc1. The Hall–Kier alpha value is -2.60. The van der Waals surface area contributed by atoms with Gasteiger partial charge in [-0.2, -0.15) is 0 Å². The van der Waals surface area contributed by atoms with Gasteiger partial charge in [0.1, 0.15) is 6.04 Å². The number of nitrogens with zero attached hydrogens (tertiary/aromatic N) is 1. The Morgan fingerprint density at radius 3 is 2.28 bits per heavy atom. The molecule has 1 aromatic heterocycles. The predicted molar refractivity (Wildman–Crippen MR) is 115 cm³/mol. The lowest BCUT2D eigenvalue weighted by Crippen LogP contribution is -2.53. The monoisotopic (exact) mass is 399 g/mol. The number of hydrogen-bond acceptors (Lipinski definition) is 4. The van der Waals surface area contributed by atoms with Crippen LogP contribution in [0.5, 0.6) is 0 Å². The normalized spacial score (nSPS) is 13.3. The summed E-state index contributed by atoms with van der Waals surface area (Å²) in [6.07, 6.45) is 2.30. The van der Waals surface area contributed by atoms with Crippen molar-refractivity contribution in [3.8, 4) is 0 Å². The Morgan fingerprint density at radius 2 is 1.72 bits per heavy atom. The van der Waals surface area contributed by atoms with Crippen LogP contribution in [-0.2, 0) is 11.2 Å². The lowest BCUT2D eigenvalue weighted by Gasteiger charge is -2.31. The van der Waals surface area contributed by atoms with Crippen molar-refractivity contribution >= 4 is 11.8 Å². The number of likely N-dealkylation sites (N-methyl/N-ethyl adjacent to an activating group) is 1. The molecule has 0 aliphatic rings. The van der Waals surface area contributed by atoms with E-state index in [1.165, 1.54) is 11.8 Å². The van der Waals surface area contributed by atoms with E-state index in [0.717, 1.165) is 19.5 Å². The first-order chi connectivity index (χ1) is 14.0. The number of nitrogens with one attached hydrogen (secondary N) is 2. The van der Waals surface area contributed by atoms with Crippen LogP contribution in [0.4, 0.5) is 0 Å². The molecule has 2 amide bonds. The third-order valence-corrected chi connectivity index (χ3v) is 5.14. The summed E-state index contributed by atoms with van der Waals surface area (Å²) in [5, 5.41) is 5.85. The van der Waals surface area contributed by atoms with Gasteiger partial charge >= 0.3 is 0 Å². The van der Waals surface area contributed by atoms with E-state index in [1.54, 1.807) is 12.1 Å². The lowest BCUT2D eigenvalue weighted by atomic mass is 10.0. The number of hydrogen-bond donors (Lipinski definition) is 2. The fourth-order valence-corrected chi connectivity index (χ4v) is 3.44. The lowest BCUT2D eigenvalue weighted by molar-refractivity contribution is -0.124. The van der Waals surface area contributed by atoms with E-state index in [0.29, 0.717) is 6.54 Å². The summed E-state index contributed by atoms with van der Waals surface area (Å²) in [5.41, 5.74) is 1.24. The van der Waals surface area contributed by atoms with Gasteiger partial charge in [-0.05, 0) is 43.1 Å². The molecular formula is C23H33N3O3. The molecule has 0 saturated heterocycles. The average molecular weight is 400 g/mol. The number of amides is 2. The molecule has 0 spiro atoms. The maximum Gasteiger partial charge on any atom is 0.287 e. The number of rotatable bonds is 11. The quantitative estimate of drug-likeness (QED) is 0.609. The van der Waals surface area contributed by atoms with Crippen LogP contribution in [0.2, 0.25) is 0 Å². The molecule has 6 heteroatoms. The highest BCUT2D eigenvalue weighted by Crippen LogP contribution is 2.10. The molecule has 2 N–H and O–H groups in total. The van der Waals surface area contributed by atoms with Crippen molar-refractivity contribution in [2.75, 3.05) is 19.6 Å². The Labute approximate surface area is 173 Å². The summed E-state index contributed by atoms with van der Waals surface area (Å²) in [6.45, 7) is 10.4. The van der Waals surface area contributed by atoms with Crippen molar-refractivity contribution in [1.29, 1.82) is 0 Å². The van der Waals surface area contributed by atoms with Gasteiger partial charge in [-0.1, -0.05) is 58.0 Å². The minimum absolute atomic E-state index is 0.0464. The van der Waals surface area contributed by atoms with Crippen LogP contribution < -0.4 is 10.6 Å². The number of carbonyl (C=O) groups excluding carboxylic acids is 2. The van der Waals surface area contributed by atoms with Crippen LogP contribution in [0.25, 0.3) is 0 Å². The van der Waals surface area contributed by atoms with Gasteiger partial charge in [-0.3, -0.25) is 14.5 Å². The fraction of sp³-hybridized carbons (Fsp3) is 0.478. The van der Waals surface area contributed by atoms with Crippen LogP contribution in [-0.4, -0.2) is 48.4 Å². The van der Waals surface area contributed by atoms with Gasteiger partial charge in [-0.15, -0.1) is 0 Å². The summed E-state index contributed by atoms with van der Waals surface area (Å²) in [4.78, 5) is 27.5. The molecule has 0 saturated carbocycles. The smallest absolute Gasteiger partial charge is 0.287 e. The third-order valence-electron chi connectivity index (χ3n) is 5.14. The zero-order valence-electron chi connectivity index (χ0n) is 17.9. The van der Waals surface area contributed by atoms with Gasteiger partial charge in [0.15, 0.2) is 5.76 Å². The van der Waals surface area contributed by atoms with Crippen molar-refractivity contribution in [2.45, 2.75) is 46.2 Å². The molecule has 2 rings (SSSR count). The van der Waals surface area contributed by atoms with Crippen molar-refractivity contribution in [1.82, 2.24) is 15.5 Å². The fourth-order valence-electron chi connectivity index (χ4n) is 3.44. The largest absolute Gasteiger partial charge is 0.459 e. The van der Waals surface area contributed by atoms with Crippen molar-refractivity contribution < 1.29 is 14.0 Å². The summed E-state index contributed by atoms with van der Waals surface area (Å²) in [7, 11) is 0. The maximum atomic E-state index is 12.9. The van der Waals surface area contributed by atoms with E-state index in [2.05, 4.69) is 41.5 Å². The maximum absolute atomic E-state index is 12.9. The first-order valence-corrected chi connectivity index (χ1v) is 10.4. The first-order valence-electron chi connectivity index (χ1n) is 10.4. The highest BCUT2D eigenvalue weighted by atomic mass is 16.3. The minimum Gasteiger partial charge on any atom is -0.459 e. The van der Waals surface area contributed by atoms with Crippen LogP contribution >= 0.6 is 0 Å².